The van der Waals surface area contributed by atoms with Crippen LogP contribution in [0.2, 0.25) is 0 Å². The van der Waals surface area contributed by atoms with Crippen LogP contribution >= 0.6 is 0 Å². The van der Waals surface area contributed by atoms with Crippen LogP contribution in [-0.4, -0.2) is 34.7 Å². The monoisotopic (exact) mass is 287 g/mol. The first-order chi connectivity index (χ1) is 10.3. The number of fused-ring (bicyclic) bond motifs is 3. The quantitative estimate of drug-likeness (QED) is 0.802. The molecule has 1 saturated carbocycles. The van der Waals surface area contributed by atoms with Gasteiger partial charge in [0.05, 0.1) is 0 Å². The number of nitrogens with zero attached hydrogens (tertiary/aromatic N) is 1. The molecule has 2 saturated heterocycles. The lowest BCUT2D eigenvalue weighted by Gasteiger charge is -2.51. The van der Waals surface area contributed by atoms with E-state index in [2.05, 4.69) is 16.9 Å². The molecule has 2 aliphatic heterocycles. The number of rotatable bonds is 4. The topological polar surface area (TPSA) is 23.5 Å². The van der Waals surface area contributed by atoms with Crippen molar-refractivity contribution < 1.29 is 5.11 Å². The molecule has 2 heterocycles. The Kier molecular flexibility index (Phi) is 5.03. The third-order valence-corrected chi connectivity index (χ3v) is 6.18. The Balaban J connectivity index is 1.71. The zero-order valence-electron chi connectivity index (χ0n) is 13.1. The van der Waals surface area contributed by atoms with Gasteiger partial charge in [0.2, 0.25) is 0 Å². The van der Waals surface area contributed by atoms with Crippen LogP contribution < -0.4 is 0 Å². The van der Waals surface area contributed by atoms with Gasteiger partial charge in [-0.25, -0.2) is 0 Å². The molecule has 1 N–H and O–H groups in total. The molecule has 0 amide bonds. The summed E-state index contributed by atoms with van der Waals surface area (Å²) in [5.74, 6) is 4.30. The van der Waals surface area contributed by atoms with Gasteiger partial charge in [-0.05, 0) is 69.3 Å². The van der Waals surface area contributed by atoms with Gasteiger partial charge in [0.15, 0.2) is 0 Å². The SMILES string of the molecule is C#C/C=C\CC1CCCC2C1CCC1CCC(CCO)N12. The molecular weight excluding hydrogens is 258 g/mol. The summed E-state index contributed by atoms with van der Waals surface area (Å²) < 4.78 is 0. The standard InChI is InChI=1S/C19H29NO/c1-2-3-4-6-15-7-5-8-19-18(15)12-11-16-9-10-17(13-14-21)20(16)19/h1,3-4,15-19,21H,5-14H2/b4-3-. The molecule has 1 aliphatic carbocycles. The highest BCUT2D eigenvalue weighted by Crippen LogP contribution is 2.47. The zero-order valence-corrected chi connectivity index (χ0v) is 13.1. The zero-order chi connectivity index (χ0) is 14.7. The second-order valence-electron chi connectivity index (χ2n) is 7.15. The van der Waals surface area contributed by atoms with E-state index in [4.69, 9.17) is 6.42 Å². The van der Waals surface area contributed by atoms with Crippen LogP contribution in [0.15, 0.2) is 12.2 Å². The summed E-state index contributed by atoms with van der Waals surface area (Å²) in [5.41, 5.74) is 0. The van der Waals surface area contributed by atoms with E-state index in [9.17, 15) is 5.11 Å². The molecule has 3 fully saturated rings. The first-order valence-electron chi connectivity index (χ1n) is 8.84. The van der Waals surface area contributed by atoms with Gasteiger partial charge < -0.3 is 5.11 Å². The van der Waals surface area contributed by atoms with E-state index in [0.29, 0.717) is 12.6 Å². The number of allylic oxidation sites excluding steroid dienone is 2. The van der Waals surface area contributed by atoms with Gasteiger partial charge in [-0.15, -0.1) is 6.42 Å². The summed E-state index contributed by atoms with van der Waals surface area (Å²) in [6.45, 7) is 0.347. The Hall–Kier alpha value is -0.780. The Morgan fingerprint density at radius 2 is 2.00 bits per heavy atom. The van der Waals surface area contributed by atoms with Crippen molar-refractivity contribution in [1.29, 1.82) is 0 Å². The molecule has 2 heteroatoms. The third-order valence-electron chi connectivity index (χ3n) is 6.18. The summed E-state index contributed by atoms with van der Waals surface area (Å²) in [4.78, 5) is 2.83. The van der Waals surface area contributed by atoms with Crippen LogP contribution in [0.25, 0.3) is 0 Å². The molecule has 2 nitrogen and oxygen atoms in total. The molecule has 0 radical (unpaired) electrons. The molecular formula is C19H29NO. The van der Waals surface area contributed by atoms with E-state index in [-0.39, 0.29) is 0 Å². The summed E-state index contributed by atoms with van der Waals surface area (Å²) in [6, 6.07) is 2.23. The number of aliphatic hydroxyl groups excluding tert-OH is 1. The number of aliphatic hydroxyl groups is 1. The Morgan fingerprint density at radius 1 is 1.14 bits per heavy atom. The van der Waals surface area contributed by atoms with E-state index in [1.807, 2.05) is 6.08 Å². The molecule has 0 aromatic rings. The van der Waals surface area contributed by atoms with E-state index in [0.717, 1.165) is 36.8 Å². The molecule has 5 atom stereocenters. The highest BCUT2D eigenvalue weighted by atomic mass is 16.3. The van der Waals surface area contributed by atoms with Gasteiger partial charge in [0, 0.05) is 24.7 Å². The fourth-order valence-corrected chi connectivity index (χ4v) is 5.38. The summed E-state index contributed by atoms with van der Waals surface area (Å²) in [7, 11) is 0. The minimum absolute atomic E-state index is 0.347. The summed E-state index contributed by atoms with van der Waals surface area (Å²) in [5, 5.41) is 9.35. The highest BCUT2D eigenvalue weighted by Gasteiger charge is 2.46. The van der Waals surface area contributed by atoms with Crippen molar-refractivity contribution in [3.05, 3.63) is 12.2 Å². The second-order valence-corrected chi connectivity index (χ2v) is 7.15. The maximum atomic E-state index is 9.35. The van der Waals surface area contributed by atoms with E-state index >= 15 is 0 Å². The van der Waals surface area contributed by atoms with Gasteiger partial charge in [-0.2, -0.15) is 0 Å². The van der Waals surface area contributed by atoms with Gasteiger partial charge in [0.25, 0.3) is 0 Å². The smallest absolute Gasteiger partial charge is 0.0445 e. The lowest BCUT2D eigenvalue weighted by Crippen LogP contribution is -2.54. The van der Waals surface area contributed by atoms with Gasteiger partial charge in [-0.3, -0.25) is 4.90 Å². The van der Waals surface area contributed by atoms with E-state index in [1.54, 1.807) is 0 Å². The first kappa shape index (κ1) is 15.1. The maximum Gasteiger partial charge on any atom is 0.0445 e. The van der Waals surface area contributed by atoms with Crippen LogP contribution in [0.4, 0.5) is 0 Å². The minimum atomic E-state index is 0.347. The van der Waals surface area contributed by atoms with Crippen LogP contribution in [0.3, 0.4) is 0 Å². The molecule has 21 heavy (non-hydrogen) atoms. The first-order valence-corrected chi connectivity index (χ1v) is 8.84. The average molecular weight is 287 g/mol. The van der Waals surface area contributed by atoms with E-state index in [1.165, 1.54) is 44.9 Å². The van der Waals surface area contributed by atoms with Crippen molar-refractivity contribution in [3.63, 3.8) is 0 Å². The molecule has 0 spiro atoms. The average Bonchev–Trinajstić information content (AvgIpc) is 2.92. The van der Waals surface area contributed by atoms with Crippen LogP contribution in [0.5, 0.6) is 0 Å². The minimum Gasteiger partial charge on any atom is -0.396 e. The molecule has 116 valence electrons. The Bertz CT molecular complexity index is 410. The largest absolute Gasteiger partial charge is 0.396 e. The predicted octanol–water partition coefficient (Wildman–Crippen LogP) is 3.36. The fraction of sp³-hybridized carbons (Fsp3) is 0.789. The van der Waals surface area contributed by atoms with Crippen molar-refractivity contribution in [2.45, 2.75) is 75.9 Å². The molecule has 3 aliphatic rings. The van der Waals surface area contributed by atoms with Crippen LogP contribution in [0.1, 0.15) is 57.8 Å². The molecule has 0 aromatic carbocycles. The lowest BCUT2D eigenvalue weighted by atomic mass is 9.69. The highest BCUT2D eigenvalue weighted by molar-refractivity contribution is 5.10. The summed E-state index contributed by atoms with van der Waals surface area (Å²) >= 11 is 0. The van der Waals surface area contributed by atoms with Crippen molar-refractivity contribution in [2.75, 3.05) is 6.61 Å². The van der Waals surface area contributed by atoms with Crippen LogP contribution in [-0.2, 0) is 0 Å². The normalized spacial score (nSPS) is 39.9. The number of hydrogen-bond acceptors (Lipinski definition) is 2. The van der Waals surface area contributed by atoms with Crippen molar-refractivity contribution in [3.8, 4) is 12.3 Å². The fourth-order valence-electron chi connectivity index (χ4n) is 5.38. The van der Waals surface area contributed by atoms with Gasteiger partial charge in [0.1, 0.15) is 0 Å². The Morgan fingerprint density at radius 3 is 2.81 bits per heavy atom. The molecule has 0 bridgehead atoms. The number of piperidine rings is 1. The number of terminal acetylenes is 1. The van der Waals surface area contributed by atoms with Crippen molar-refractivity contribution in [2.24, 2.45) is 11.8 Å². The maximum absolute atomic E-state index is 9.35. The molecule has 5 unspecified atom stereocenters. The lowest BCUT2D eigenvalue weighted by molar-refractivity contribution is -0.0166. The molecule has 0 aromatic heterocycles. The van der Waals surface area contributed by atoms with Crippen LogP contribution in [0, 0.1) is 24.2 Å². The van der Waals surface area contributed by atoms with Crippen molar-refractivity contribution in [1.82, 2.24) is 4.90 Å². The Labute approximate surface area is 129 Å². The number of hydrogen-bond donors (Lipinski definition) is 1. The summed E-state index contributed by atoms with van der Waals surface area (Å²) in [6.07, 6.45) is 21.1. The van der Waals surface area contributed by atoms with Crippen molar-refractivity contribution >= 4 is 0 Å². The third kappa shape index (κ3) is 3.05. The second kappa shape index (κ2) is 6.99. The van der Waals surface area contributed by atoms with Gasteiger partial charge >= 0.3 is 0 Å². The predicted molar refractivity (Wildman–Crippen MR) is 86.8 cm³/mol. The molecule has 3 rings (SSSR count). The van der Waals surface area contributed by atoms with Gasteiger partial charge in [-0.1, -0.05) is 18.4 Å². The van der Waals surface area contributed by atoms with E-state index < -0.39 is 0 Å².